The number of thiophene rings is 1. The summed E-state index contributed by atoms with van der Waals surface area (Å²) in [5, 5.41) is 5.45. The number of hydrogen-bond acceptors (Lipinski definition) is 5. The molecule has 5 rings (SSSR count). The summed E-state index contributed by atoms with van der Waals surface area (Å²) in [5.41, 5.74) is 2.60. The number of anilines is 2. The molecular weight excluding hydrogens is 548 g/mol. The lowest BCUT2D eigenvalue weighted by atomic mass is 9.94. The highest BCUT2D eigenvalue weighted by molar-refractivity contribution is 7.14. The molecule has 0 atom stereocenters. The van der Waals surface area contributed by atoms with Crippen molar-refractivity contribution in [3.63, 3.8) is 0 Å². The van der Waals surface area contributed by atoms with Gasteiger partial charge in [-0.2, -0.15) is 0 Å². The van der Waals surface area contributed by atoms with E-state index in [-0.39, 0.29) is 33.6 Å². The van der Waals surface area contributed by atoms with Crippen LogP contribution in [0.2, 0.25) is 0 Å². The first-order valence-corrected chi connectivity index (χ1v) is 14.1. The number of alkyl halides is 2. The molecule has 1 saturated carbocycles. The lowest BCUT2D eigenvalue weighted by Gasteiger charge is -2.31. The van der Waals surface area contributed by atoms with Crippen molar-refractivity contribution in [1.82, 2.24) is 14.5 Å². The fraction of sp³-hybridized carbons (Fsp3) is 0.267. The number of fused-ring (bicyclic) bond motifs is 1. The Kier molecular flexibility index (Phi) is 8.25. The van der Waals surface area contributed by atoms with E-state index in [2.05, 4.69) is 22.2 Å². The number of halogens is 2. The van der Waals surface area contributed by atoms with E-state index >= 15 is 0 Å². The number of aromatic nitrogens is 2. The Morgan fingerprint density at radius 3 is 2.56 bits per heavy atom. The van der Waals surface area contributed by atoms with Gasteiger partial charge >= 0.3 is 0 Å². The molecule has 1 aliphatic carbocycles. The Labute approximate surface area is 239 Å². The fourth-order valence-corrected chi connectivity index (χ4v) is 5.83. The predicted octanol–water partition coefficient (Wildman–Crippen LogP) is 6.81. The van der Waals surface area contributed by atoms with Crippen LogP contribution in [-0.4, -0.2) is 45.3 Å². The molecule has 0 saturated heterocycles. The largest absolute Gasteiger partial charge is 0.339 e. The van der Waals surface area contributed by atoms with Crippen LogP contribution >= 0.6 is 11.3 Å². The van der Waals surface area contributed by atoms with Gasteiger partial charge in [-0.1, -0.05) is 31.9 Å². The molecule has 2 aromatic carbocycles. The van der Waals surface area contributed by atoms with Crippen LogP contribution in [-0.2, 0) is 4.79 Å². The molecule has 1 fully saturated rings. The molecule has 8 nitrogen and oxygen atoms in total. The van der Waals surface area contributed by atoms with E-state index in [9.17, 15) is 23.2 Å². The Hall–Kier alpha value is -4.38. The molecule has 2 N–H and O–H groups in total. The van der Waals surface area contributed by atoms with Crippen LogP contribution in [0.4, 0.5) is 20.4 Å². The number of carbonyl (C=O) groups excluding carboxylic acids is 3. The first kappa shape index (κ1) is 28.2. The van der Waals surface area contributed by atoms with Gasteiger partial charge in [-0.05, 0) is 67.4 Å². The quantitative estimate of drug-likeness (QED) is 0.225. The average Bonchev–Trinajstić information content (AvgIpc) is 3.62. The van der Waals surface area contributed by atoms with Gasteiger partial charge in [0.05, 0.1) is 26.5 Å². The van der Waals surface area contributed by atoms with Crippen LogP contribution < -0.4 is 10.6 Å². The zero-order chi connectivity index (χ0) is 29.1. The third-order valence-electron chi connectivity index (χ3n) is 7.19. The summed E-state index contributed by atoms with van der Waals surface area (Å²) in [5.74, 6) is -0.951. The van der Waals surface area contributed by atoms with E-state index in [4.69, 9.17) is 0 Å². The van der Waals surface area contributed by atoms with Gasteiger partial charge in [0.25, 0.3) is 18.2 Å². The number of nitrogens with zero attached hydrogens (tertiary/aromatic N) is 3. The van der Waals surface area contributed by atoms with Crippen LogP contribution in [0, 0.1) is 0 Å². The lowest BCUT2D eigenvalue weighted by Crippen LogP contribution is -2.38. The zero-order valence-corrected chi connectivity index (χ0v) is 23.2. The van der Waals surface area contributed by atoms with E-state index in [0.717, 1.165) is 31.8 Å². The van der Waals surface area contributed by atoms with Gasteiger partial charge in [0.2, 0.25) is 11.9 Å². The van der Waals surface area contributed by atoms with E-state index in [1.807, 2.05) is 7.05 Å². The van der Waals surface area contributed by atoms with E-state index < -0.39 is 12.3 Å². The Balaban J connectivity index is 1.54. The summed E-state index contributed by atoms with van der Waals surface area (Å²) in [6, 6.07) is 14.8. The fourth-order valence-electron chi connectivity index (χ4n) is 5.07. The summed E-state index contributed by atoms with van der Waals surface area (Å²) < 4.78 is 27.9. The van der Waals surface area contributed by atoms with Crippen molar-refractivity contribution in [2.75, 3.05) is 17.7 Å². The second-order valence-corrected chi connectivity index (χ2v) is 11.0. The Bertz CT molecular complexity index is 1620. The summed E-state index contributed by atoms with van der Waals surface area (Å²) in [7, 11) is 1.82. The molecule has 1 aliphatic rings. The highest BCUT2D eigenvalue weighted by atomic mass is 32.1. The number of carbonyl (C=O) groups is 3. The molecule has 0 bridgehead atoms. The van der Waals surface area contributed by atoms with Crippen LogP contribution in [0.5, 0.6) is 0 Å². The van der Waals surface area contributed by atoms with Gasteiger partial charge < -0.3 is 10.2 Å². The molecule has 212 valence electrons. The predicted molar refractivity (Wildman–Crippen MR) is 156 cm³/mol. The monoisotopic (exact) mass is 577 g/mol. The minimum Gasteiger partial charge on any atom is -0.339 e. The van der Waals surface area contributed by atoms with Gasteiger partial charge in [-0.25, -0.2) is 13.8 Å². The first-order valence-electron chi connectivity index (χ1n) is 13.3. The van der Waals surface area contributed by atoms with Crippen LogP contribution in [0.15, 0.2) is 67.3 Å². The normalized spacial score (nSPS) is 13.8. The summed E-state index contributed by atoms with van der Waals surface area (Å²) in [6.45, 7) is 3.47. The minimum atomic E-state index is -2.68. The molecule has 0 aliphatic heterocycles. The molecule has 4 aromatic rings. The minimum absolute atomic E-state index is 0.105. The summed E-state index contributed by atoms with van der Waals surface area (Å²) in [4.78, 5) is 44.6. The highest BCUT2D eigenvalue weighted by Gasteiger charge is 2.25. The van der Waals surface area contributed by atoms with Gasteiger partial charge in [-0.15, -0.1) is 11.3 Å². The van der Waals surface area contributed by atoms with Crippen molar-refractivity contribution >= 4 is 51.7 Å². The molecule has 0 unspecified atom stereocenters. The van der Waals surface area contributed by atoms with E-state index in [1.54, 1.807) is 51.9 Å². The van der Waals surface area contributed by atoms with Crippen molar-refractivity contribution in [1.29, 1.82) is 0 Å². The van der Waals surface area contributed by atoms with Gasteiger partial charge in [0.1, 0.15) is 0 Å². The molecule has 2 heterocycles. The van der Waals surface area contributed by atoms with Crippen molar-refractivity contribution in [2.24, 2.45) is 0 Å². The third-order valence-corrected chi connectivity index (χ3v) is 8.28. The first-order chi connectivity index (χ1) is 19.7. The van der Waals surface area contributed by atoms with Crippen molar-refractivity contribution < 1.29 is 23.2 Å². The molecule has 0 spiro atoms. The summed E-state index contributed by atoms with van der Waals surface area (Å²) >= 11 is 0.706. The van der Waals surface area contributed by atoms with Crippen molar-refractivity contribution in [3.05, 3.63) is 82.6 Å². The average molecular weight is 578 g/mol. The van der Waals surface area contributed by atoms with Crippen molar-refractivity contribution in [3.8, 4) is 5.69 Å². The van der Waals surface area contributed by atoms with Crippen molar-refractivity contribution in [2.45, 2.75) is 44.6 Å². The SMILES string of the molecule is C=CC(=O)Nc1cccc(-n2c(NC(=O)c3ccc(C(F)F)s3)nc3cc(C(=O)N(C)C4CCCCC4)ccc32)c1. The highest BCUT2D eigenvalue weighted by Crippen LogP contribution is 2.31. The van der Waals surface area contributed by atoms with Gasteiger partial charge in [0, 0.05) is 24.3 Å². The van der Waals surface area contributed by atoms with Crippen LogP contribution in [0.3, 0.4) is 0 Å². The number of nitrogens with one attached hydrogen (secondary N) is 2. The molecule has 2 aromatic heterocycles. The number of amides is 3. The maximum Gasteiger partial charge on any atom is 0.272 e. The second-order valence-electron chi connectivity index (χ2n) is 9.88. The van der Waals surface area contributed by atoms with Crippen LogP contribution in [0.25, 0.3) is 16.7 Å². The van der Waals surface area contributed by atoms with Crippen LogP contribution in [0.1, 0.15) is 63.4 Å². The standard InChI is InChI=1S/C30H29F2N5O3S/c1-3-26(38)33-19-8-7-11-21(17-19)37-23-13-12-18(29(40)36(2)20-9-5-4-6-10-20)16-22(23)34-30(37)35-28(39)25-15-14-24(41-25)27(31)32/h3,7-8,11-17,20,27H,1,4-6,9-10H2,2H3,(H,33,38)(H,34,35,39). The number of hydrogen-bond donors (Lipinski definition) is 2. The smallest absolute Gasteiger partial charge is 0.272 e. The lowest BCUT2D eigenvalue weighted by molar-refractivity contribution is -0.111. The third kappa shape index (κ3) is 6.04. The maximum atomic E-state index is 13.4. The zero-order valence-electron chi connectivity index (χ0n) is 22.4. The van der Waals surface area contributed by atoms with Gasteiger partial charge in [-0.3, -0.25) is 24.3 Å². The van der Waals surface area contributed by atoms with Gasteiger partial charge in [0.15, 0.2) is 0 Å². The number of imidazole rings is 1. The maximum absolute atomic E-state index is 13.4. The molecular formula is C30H29F2N5O3S. The number of rotatable bonds is 8. The Morgan fingerprint density at radius 2 is 1.85 bits per heavy atom. The van der Waals surface area contributed by atoms with E-state index in [0.29, 0.717) is 39.3 Å². The molecule has 11 heteroatoms. The molecule has 3 amide bonds. The summed E-state index contributed by atoms with van der Waals surface area (Å²) in [6.07, 6.45) is 3.82. The topological polar surface area (TPSA) is 96.3 Å². The number of benzene rings is 2. The molecule has 0 radical (unpaired) electrons. The second kappa shape index (κ2) is 12.0. The molecule has 41 heavy (non-hydrogen) atoms. The van der Waals surface area contributed by atoms with E-state index in [1.165, 1.54) is 18.6 Å². The Morgan fingerprint density at radius 1 is 1.07 bits per heavy atom.